The molecule has 1 aromatic rings. The Morgan fingerprint density at radius 3 is 2.45 bits per heavy atom. The maximum atomic E-state index is 12.0. The van der Waals surface area contributed by atoms with Gasteiger partial charge in [0.2, 0.25) is 10.0 Å². The van der Waals surface area contributed by atoms with Crippen LogP contribution in [0.5, 0.6) is 5.75 Å². The quantitative estimate of drug-likeness (QED) is 0.758. The molecule has 1 aromatic carbocycles. The lowest BCUT2D eigenvalue weighted by atomic mass is 10.1. The molecule has 0 aliphatic heterocycles. The van der Waals surface area contributed by atoms with Gasteiger partial charge in [0.15, 0.2) is 0 Å². The first kappa shape index (κ1) is 16.5. The number of hydrogen-bond acceptors (Lipinski definition) is 4. The lowest BCUT2D eigenvalue weighted by molar-refractivity contribution is -0.137. The lowest BCUT2D eigenvalue weighted by Crippen LogP contribution is -2.28. The zero-order chi connectivity index (χ0) is 15.2. The molecule has 0 fully saturated rings. The Hall–Kier alpha value is -1.60. The number of aliphatic carboxylic acids is 1. The van der Waals surface area contributed by atoms with Gasteiger partial charge in [-0.1, -0.05) is 6.92 Å². The number of methoxy groups -OCH3 is 1. The van der Waals surface area contributed by atoms with Gasteiger partial charge in [-0.15, -0.1) is 0 Å². The smallest absolute Gasteiger partial charge is 0.303 e. The Balaban J connectivity index is 2.58. The number of ether oxygens (including phenoxy) is 1. The maximum Gasteiger partial charge on any atom is 0.303 e. The normalized spacial score (nSPS) is 12.9. The molecule has 6 nitrogen and oxygen atoms in total. The summed E-state index contributed by atoms with van der Waals surface area (Å²) in [6.45, 7) is 2.02. The zero-order valence-corrected chi connectivity index (χ0v) is 12.3. The van der Waals surface area contributed by atoms with Gasteiger partial charge >= 0.3 is 5.97 Å². The topological polar surface area (TPSA) is 92.7 Å². The molecule has 7 heteroatoms. The number of rotatable bonds is 8. The summed E-state index contributed by atoms with van der Waals surface area (Å²) in [4.78, 5) is 10.6. The number of carboxylic acid groups (broad SMARTS) is 1. The van der Waals surface area contributed by atoms with Crippen molar-refractivity contribution in [1.82, 2.24) is 4.72 Å². The van der Waals surface area contributed by atoms with Gasteiger partial charge in [0.1, 0.15) is 5.75 Å². The third-order valence-corrected chi connectivity index (χ3v) is 4.28. The summed E-state index contributed by atoms with van der Waals surface area (Å²) < 4.78 is 31.5. The van der Waals surface area contributed by atoms with Crippen LogP contribution in [0.2, 0.25) is 0 Å². The zero-order valence-electron chi connectivity index (χ0n) is 11.5. The van der Waals surface area contributed by atoms with Crippen molar-refractivity contribution in [2.45, 2.75) is 24.7 Å². The molecule has 2 N–H and O–H groups in total. The van der Waals surface area contributed by atoms with Crippen LogP contribution >= 0.6 is 0 Å². The summed E-state index contributed by atoms with van der Waals surface area (Å²) >= 11 is 0. The Bertz CT molecular complexity index is 538. The summed E-state index contributed by atoms with van der Waals surface area (Å²) in [5.74, 6) is -0.340. The van der Waals surface area contributed by atoms with Crippen molar-refractivity contribution in [1.29, 1.82) is 0 Å². The van der Waals surface area contributed by atoms with E-state index in [0.29, 0.717) is 12.2 Å². The van der Waals surface area contributed by atoms with Gasteiger partial charge in [-0.3, -0.25) is 4.79 Å². The third-order valence-electron chi connectivity index (χ3n) is 2.84. The van der Waals surface area contributed by atoms with Gasteiger partial charge in [0, 0.05) is 13.0 Å². The van der Waals surface area contributed by atoms with E-state index in [2.05, 4.69) is 4.72 Å². The summed E-state index contributed by atoms with van der Waals surface area (Å²) in [5.41, 5.74) is 0. The van der Waals surface area contributed by atoms with Crippen LogP contribution in [0.15, 0.2) is 29.2 Å². The molecule has 20 heavy (non-hydrogen) atoms. The second-order valence-corrected chi connectivity index (χ2v) is 6.33. The molecule has 0 heterocycles. The third kappa shape index (κ3) is 5.18. The fourth-order valence-corrected chi connectivity index (χ4v) is 2.73. The van der Waals surface area contributed by atoms with E-state index in [1.807, 2.05) is 0 Å². The van der Waals surface area contributed by atoms with Crippen molar-refractivity contribution in [3.63, 3.8) is 0 Å². The van der Waals surface area contributed by atoms with E-state index in [1.165, 1.54) is 19.2 Å². The molecule has 0 saturated carbocycles. The van der Waals surface area contributed by atoms with Crippen LogP contribution in [0.3, 0.4) is 0 Å². The Labute approximate surface area is 118 Å². The summed E-state index contributed by atoms with van der Waals surface area (Å²) in [5, 5.41) is 8.57. The van der Waals surface area contributed by atoms with Gasteiger partial charge < -0.3 is 9.84 Å². The average Bonchev–Trinajstić information content (AvgIpc) is 2.43. The second-order valence-electron chi connectivity index (χ2n) is 4.57. The van der Waals surface area contributed by atoms with Gasteiger partial charge in [0.05, 0.1) is 12.0 Å². The molecule has 0 bridgehead atoms. The standard InChI is InChI=1S/C13H19NO5S/c1-10(3-8-13(15)16)9-14-20(17,18)12-6-4-11(19-2)5-7-12/h4-7,10,14H,3,8-9H2,1-2H3,(H,15,16). The fraction of sp³-hybridized carbons (Fsp3) is 0.462. The van der Waals surface area contributed by atoms with Crippen LogP contribution in [0.25, 0.3) is 0 Å². The largest absolute Gasteiger partial charge is 0.497 e. The summed E-state index contributed by atoms with van der Waals surface area (Å²) in [7, 11) is -2.07. The highest BCUT2D eigenvalue weighted by Gasteiger charge is 2.15. The van der Waals surface area contributed by atoms with E-state index in [0.717, 1.165) is 0 Å². The Morgan fingerprint density at radius 1 is 1.35 bits per heavy atom. The minimum Gasteiger partial charge on any atom is -0.497 e. The molecule has 1 unspecified atom stereocenters. The monoisotopic (exact) mass is 301 g/mol. The minimum absolute atomic E-state index is 0.0332. The maximum absolute atomic E-state index is 12.0. The molecule has 0 aliphatic carbocycles. The molecule has 1 atom stereocenters. The molecule has 0 saturated heterocycles. The van der Waals surface area contributed by atoms with Crippen LogP contribution < -0.4 is 9.46 Å². The summed E-state index contributed by atoms with van der Waals surface area (Å²) in [6, 6.07) is 6.07. The molecule has 0 aromatic heterocycles. The molecule has 1 rings (SSSR count). The van der Waals surface area contributed by atoms with Gasteiger partial charge in [-0.2, -0.15) is 0 Å². The highest BCUT2D eigenvalue weighted by Crippen LogP contribution is 2.15. The lowest BCUT2D eigenvalue weighted by Gasteiger charge is -2.12. The molecule has 0 amide bonds. The van der Waals surface area contributed by atoms with E-state index >= 15 is 0 Å². The minimum atomic E-state index is -3.57. The van der Waals surface area contributed by atoms with E-state index in [-0.39, 0.29) is 23.8 Å². The predicted molar refractivity (Wildman–Crippen MR) is 74.2 cm³/mol. The summed E-state index contributed by atoms with van der Waals surface area (Å²) in [6.07, 6.45) is 0.464. The highest BCUT2D eigenvalue weighted by molar-refractivity contribution is 7.89. The SMILES string of the molecule is COc1ccc(S(=O)(=O)NCC(C)CCC(=O)O)cc1. The average molecular weight is 301 g/mol. The Kier molecular flexibility index (Phi) is 5.97. The molecular formula is C13H19NO5S. The Morgan fingerprint density at radius 2 is 1.95 bits per heavy atom. The van der Waals surface area contributed by atoms with Crippen molar-refractivity contribution in [3.05, 3.63) is 24.3 Å². The van der Waals surface area contributed by atoms with E-state index in [4.69, 9.17) is 9.84 Å². The van der Waals surface area contributed by atoms with Crippen molar-refractivity contribution in [2.75, 3.05) is 13.7 Å². The van der Waals surface area contributed by atoms with Crippen LogP contribution in [0, 0.1) is 5.92 Å². The number of benzene rings is 1. The van der Waals surface area contributed by atoms with Crippen molar-refractivity contribution < 1.29 is 23.1 Å². The molecular weight excluding hydrogens is 282 g/mol. The van der Waals surface area contributed by atoms with Gasteiger partial charge in [-0.25, -0.2) is 13.1 Å². The first-order valence-electron chi connectivity index (χ1n) is 6.20. The number of carboxylic acids is 1. The van der Waals surface area contributed by atoms with Crippen molar-refractivity contribution >= 4 is 16.0 Å². The van der Waals surface area contributed by atoms with E-state index in [9.17, 15) is 13.2 Å². The molecule has 0 spiro atoms. The first-order chi connectivity index (χ1) is 9.35. The van der Waals surface area contributed by atoms with Crippen LogP contribution in [0.1, 0.15) is 19.8 Å². The number of nitrogens with one attached hydrogen (secondary N) is 1. The number of carbonyl (C=O) groups is 1. The van der Waals surface area contributed by atoms with E-state index < -0.39 is 16.0 Å². The molecule has 0 radical (unpaired) electrons. The van der Waals surface area contributed by atoms with Gasteiger partial charge in [0.25, 0.3) is 0 Å². The molecule has 112 valence electrons. The van der Waals surface area contributed by atoms with Gasteiger partial charge in [-0.05, 0) is 36.6 Å². The highest BCUT2D eigenvalue weighted by atomic mass is 32.2. The predicted octanol–water partition coefficient (Wildman–Crippen LogP) is 1.47. The fourth-order valence-electron chi connectivity index (χ4n) is 1.56. The van der Waals surface area contributed by atoms with Crippen LogP contribution in [-0.4, -0.2) is 33.1 Å². The second kappa shape index (κ2) is 7.25. The van der Waals surface area contributed by atoms with Crippen LogP contribution in [0.4, 0.5) is 0 Å². The number of sulfonamides is 1. The first-order valence-corrected chi connectivity index (χ1v) is 7.69. The molecule has 0 aliphatic rings. The number of hydrogen-bond donors (Lipinski definition) is 2. The van der Waals surface area contributed by atoms with Crippen molar-refractivity contribution in [3.8, 4) is 5.75 Å². The van der Waals surface area contributed by atoms with Crippen molar-refractivity contribution in [2.24, 2.45) is 5.92 Å². The van der Waals surface area contributed by atoms with E-state index in [1.54, 1.807) is 19.1 Å². The van der Waals surface area contributed by atoms with Crippen LogP contribution in [-0.2, 0) is 14.8 Å².